The van der Waals surface area contributed by atoms with Gasteiger partial charge in [0.1, 0.15) is 11.0 Å². The van der Waals surface area contributed by atoms with Crippen LogP contribution in [0.1, 0.15) is 27.0 Å². The Morgan fingerprint density at radius 3 is 2.00 bits per heavy atom. The molecule has 4 heteroatoms. The van der Waals surface area contributed by atoms with Crippen LogP contribution in [0.3, 0.4) is 0 Å². The Morgan fingerprint density at radius 2 is 1.60 bits per heavy atom. The maximum absolute atomic E-state index is 10.00. The minimum absolute atomic E-state index is 0.269. The van der Waals surface area contributed by atoms with Gasteiger partial charge in [0, 0.05) is 5.41 Å². The molecular weight excluding hydrogens is 190 g/mol. The molecule has 1 heterocycles. The van der Waals surface area contributed by atoms with Crippen molar-refractivity contribution in [2.75, 3.05) is 0 Å². The standard InChI is InChI=1S/C11H15N3O/c1-11(2,3)10(15)14-12-8-6-4-5-7-9(8)13-14/h4-7,10,15H,1-3H3/t10-/m1/s1. The fourth-order valence-electron chi connectivity index (χ4n) is 1.33. The van der Waals surface area contributed by atoms with E-state index in [0.717, 1.165) is 11.0 Å². The van der Waals surface area contributed by atoms with Gasteiger partial charge in [-0.05, 0) is 12.1 Å². The molecule has 0 amide bonds. The number of fused-ring (bicyclic) bond motifs is 1. The van der Waals surface area contributed by atoms with Crippen molar-refractivity contribution in [2.24, 2.45) is 5.41 Å². The molecule has 4 nitrogen and oxygen atoms in total. The van der Waals surface area contributed by atoms with Crippen LogP contribution in [0.4, 0.5) is 0 Å². The first-order chi connectivity index (χ1) is 6.98. The first-order valence-corrected chi connectivity index (χ1v) is 4.98. The Labute approximate surface area is 88.5 Å². The molecule has 0 bridgehead atoms. The molecule has 1 N–H and O–H groups in total. The average molecular weight is 205 g/mol. The summed E-state index contributed by atoms with van der Waals surface area (Å²) in [4.78, 5) is 1.38. The minimum Gasteiger partial charge on any atom is -0.370 e. The summed E-state index contributed by atoms with van der Waals surface area (Å²) >= 11 is 0. The van der Waals surface area contributed by atoms with Gasteiger partial charge in [-0.1, -0.05) is 32.9 Å². The van der Waals surface area contributed by atoms with Gasteiger partial charge in [0.15, 0.2) is 6.23 Å². The topological polar surface area (TPSA) is 50.9 Å². The molecule has 0 spiro atoms. The van der Waals surface area contributed by atoms with E-state index in [4.69, 9.17) is 0 Å². The molecule has 0 saturated carbocycles. The average Bonchev–Trinajstić information content (AvgIpc) is 2.58. The largest absolute Gasteiger partial charge is 0.370 e. The first kappa shape index (κ1) is 10.1. The zero-order chi connectivity index (χ0) is 11.1. The molecule has 15 heavy (non-hydrogen) atoms. The second-order valence-corrected chi connectivity index (χ2v) is 4.75. The second-order valence-electron chi connectivity index (χ2n) is 4.75. The van der Waals surface area contributed by atoms with Crippen molar-refractivity contribution in [3.63, 3.8) is 0 Å². The van der Waals surface area contributed by atoms with E-state index in [2.05, 4.69) is 10.2 Å². The van der Waals surface area contributed by atoms with Crippen LogP contribution >= 0.6 is 0 Å². The Bertz CT molecular complexity index is 437. The van der Waals surface area contributed by atoms with Crippen LogP contribution in [-0.4, -0.2) is 20.1 Å². The molecule has 0 fully saturated rings. The predicted octanol–water partition coefficient (Wildman–Crippen LogP) is 1.97. The number of hydrogen-bond donors (Lipinski definition) is 1. The van der Waals surface area contributed by atoms with E-state index < -0.39 is 6.23 Å². The van der Waals surface area contributed by atoms with Crippen molar-refractivity contribution >= 4 is 11.0 Å². The fourth-order valence-corrected chi connectivity index (χ4v) is 1.33. The Kier molecular flexibility index (Phi) is 2.23. The summed E-state index contributed by atoms with van der Waals surface area (Å²) in [5.41, 5.74) is 1.34. The third-order valence-corrected chi connectivity index (χ3v) is 2.30. The normalized spacial score (nSPS) is 14.4. The first-order valence-electron chi connectivity index (χ1n) is 4.98. The van der Waals surface area contributed by atoms with E-state index in [1.807, 2.05) is 45.0 Å². The van der Waals surface area contributed by atoms with E-state index in [1.54, 1.807) is 0 Å². The Balaban J connectivity index is 2.45. The zero-order valence-electron chi connectivity index (χ0n) is 9.18. The van der Waals surface area contributed by atoms with Crippen molar-refractivity contribution in [2.45, 2.75) is 27.0 Å². The highest BCUT2D eigenvalue weighted by Crippen LogP contribution is 2.27. The van der Waals surface area contributed by atoms with Gasteiger partial charge >= 0.3 is 0 Å². The maximum atomic E-state index is 10.00. The van der Waals surface area contributed by atoms with Crippen LogP contribution in [0.5, 0.6) is 0 Å². The Morgan fingerprint density at radius 1 is 1.13 bits per heavy atom. The number of nitrogens with zero attached hydrogens (tertiary/aromatic N) is 3. The molecule has 2 aromatic rings. The van der Waals surface area contributed by atoms with E-state index in [-0.39, 0.29) is 5.41 Å². The van der Waals surface area contributed by atoms with Gasteiger partial charge < -0.3 is 5.11 Å². The molecule has 0 saturated heterocycles. The predicted molar refractivity (Wildman–Crippen MR) is 58.2 cm³/mol. The van der Waals surface area contributed by atoms with Crippen LogP contribution in [0, 0.1) is 5.41 Å². The summed E-state index contributed by atoms with van der Waals surface area (Å²) in [5.74, 6) is 0. The quantitative estimate of drug-likeness (QED) is 0.774. The van der Waals surface area contributed by atoms with Crippen molar-refractivity contribution in [1.29, 1.82) is 0 Å². The molecule has 0 aliphatic rings. The molecule has 0 aliphatic heterocycles. The van der Waals surface area contributed by atoms with Crippen LogP contribution in [0.25, 0.3) is 11.0 Å². The lowest BCUT2D eigenvalue weighted by Gasteiger charge is -2.24. The highest BCUT2D eigenvalue weighted by molar-refractivity contribution is 5.72. The lowest BCUT2D eigenvalue weighted by molar-refractivity contribution is -0.0206. The van der Waals surface area contributed by atoms with Gasteiger partial charge in [0.2, 0.25) is 0 Å². The van der Waals surface area contributed by atoms with Crippen LogP contribution in [0.2, 0.25) is 0 Å². The van der Waals surface area contributed by atoms with E-state index >= 15 is 0 Å². The Hall–Kier alpha value is -1.42. The zero-order valence-corrected chi connectivity index (χ0v) is 9.18. The van der Waals surface area contributed by atoms with Gasteiger partial charge in [0.05, 0.1) is 0 Å². The fraction of sp³-hybridized carbons (Fsp3) is 0.455. The van der Waals surface area contributed by atoms with Crippen molar-refractivity contribution in [1.82, 2.24) is 15.0 Å². The summed E-state index contributed by atoms with van der Waals surface area (Å²) in [5, 5.41) is 18.5. The summed E-state index contributed by atoms with van der Waals surface area (Å²) in [6.07, 6.45) is -0.704. The molecular formula is C11H15N3O. The highest BCUT2D eigenvalue weighted by Gasteiger charge is 2.25. The van der Waals surface area contributed by atoms with Crippen molar-refractivity contribution < 1.29 is 5.11 Å². The van der Waals surface area contributed by atoms with E-state index in [0.29, 0.717) is 0 Å². The van der Waals surface area contributed by atoms with Crippen LogP contribution in [-0.2, 0) is 0 Å². The van der Waals surface area contributed by atoms with Gasteiger partial charge in [0.25, 0.3) is 0 Å². The van der Waals surface area contributed by atoms with Crippen LogP contribution < -0.4 is 0 Å². The number of aliphatic hydroxyl groups is 1. The summed E-state index contributed by atoms with van der Waals surface area (Å²) in [6, 6.07) is 7.58. The van der Waals surface area contributed by atoms with Crippen molar-refractivity contribution in [3.05, 3.63) is 24.3 Å². The lowest BCUT2D eigenvalue weighted by atomic mass is 9.95. The molecule has 0 unspecified atom stereocenters. The molecule has 0 aliphatic carbocycles. The second kappa shape index (κ2) is 3.31. The summed E-state index contributed by atoms with van der Waals surface area (Å²) < 4.78 is 0. The monoisotopic (exact) mass is 205 g/mol. The number of aromatic nitrogens is 3. The SMILES string of the molecule is CC(C)(C)[C@@H](O)n1nc2ccccc2n1. The van der Waals surface area contributed by atoms with Crippen LogP contribution in [0.15, 0.2) is 24.3 Å². The number of hydrogen-bond acceptors (Lipinski definition) is 3. The third-order valence-electron chi connectivity index (χ3n) is 2.30. The molecule has 1 aromatic heterocycles. The molecule has 2 rings (SSSR count). The van der Waals surface area contributed by atoms with E-state index in [9.17, 15) is 5.11 Å². The molecule has 1 atom stereocenters. The molecule has 1 aromatic carbocycles. The highest BCUT2D eigenvalue weighted by atomic mass is 16.3. The van der Waals surface area contributed by atoms with Crippen molar-refractivity contribution in [3.8, 4) is 0 Å². The number of benzene rings is 1. The smallest absolute Gasteiger partial charge is 0.171 e. The summed E-state index contributed by atoms with van der Waals surface area (Å²) in [7, 11) is 0. The third kappa shape index (κ3) is 1.85. The number of aliphatic hydroxyl groups excluding tert-OH is 1. The number of rotatable bonds is 1. The van der Waals surface area contributed by atoms with Gasteiger partial charge in [-0.15, -0.1) is 0 Å². The molecule has 80 valence electrons. The lowest BCUT2D eigenvalue weighted by Crippen LogP contribution is -2.25. The minimum atomic E-state index is -0.704. The van der Waals surface area contributed by atoms with Gasteiger partial charge in [-0.3, -0.25) is 0 Å². The van der Waals surface area contributed by atoms with Gasteiger partial charge in [-0.2, -0.15) is 15.0 Å². The van der Waals surface area contributed by atoms with E-state index in [1.165, 1.54) is 4.80 Å². The van der Waals surface area contributed by atoms with Gasteiger partial charge in [-0.25, -0.2) is 0 Å². The summed E-state index contributed by atoms with van der Waals surface area (Å²) in [6.45, 7) is 5.85. The maximum Gasteiger partial charge on any atom is 0.171 e. The molecule has 0 radical (unpaired) electrons.